The minimum Gasteiger partial charge on any atom is -0.486 e. The number of nitrogens with zero attached hydrogens (tertiary/aromatic N) is 2. The summed E-state index contributed by atoms with van der Waals surface area (Å²) in [6.07, 6.45) is 0. The first-order valence-electron chi connectivity index (χ1n) is 8.37. The van der Waals surface area contributed by atoms with Gasteiger partial charge in [-0.2, -0.15) is 0 Å². The zero-order valence-corrected chi connectivity index (χ0v) is 17.0. The lowest BCUT2D eigenvalue weighted by atomic mass is 10.1. The molecular weight excluding hydrogens is 364 g/mol. The van der Waals surface area contributed by atoms with Gasteiger partial charge in [-0.15, -0.1) is 22.7 Å². The van der Waals surface area contributed by atoms with Crippen molar-refractivity contribution in [3.05, 3.63) is 67.3 Å². The Morgan fingerprint density at radius 1 is 1.23 bits per heavy atom. The van der Waals surface area contributed by atoms with Crippen LogP contribution < -0.4 is 4.74 Å². The van der Waals surface area contributed by atoms with Gasteiger partial charge in [-0.3, -0.25) is 4.79 Å². The Balaban J connectivity index is 1.61. The lowest BCUT2D eigenvalue weighted by molar-refractivity contribution is 0.0788. The van der Waals surface area contributed by atoms with Crippen molar-refractivity contribution in [2.24, 2.45) is 0 Å². The monoisotopic (exact) mass is 386 g/mol. The molecule has 0 fully saturated rings. The number of carbonyl (C=O) groups excluding carboxylic acids is 1. The summed E-state index contributed by atoms with van der Waals surface area (Å²) in [4.78, 5) is 19.4. The van der Waals surface area contributed by atoms with E-state index in [4.69, 9.17) is 4.74 Å². The van der Waals surface area contributed by atoms with Crippen LogP contribution in [0.3, 0.4) is 0 Å². The molecular formula is C20H22N2O2S2. The summed E-state index contributed by atoms with van der Waals surface area (Å²) in [6.45, 7) is 7.17. The van der Waals surface area contributed by atoms with E-state index in [-0.39, 0.29) is 5.91 Å². The Hall–Kier alpha value is -2.18. The fourth-order valence-electron chi connectivity index (χ4n) is 2.68. The fraction of sp³-hybridized carbons (Fsp3) is 0.300. The number of hydrogen-bond donors (Lipinski definition) is 0. The van der Waals surface area contributed by atoms with E-state index in [1.807, 2.05) is 22.9 Å². The smallest absolute Gasteiger partial charge is 0.264 e. The fourth-order valence-corrected chi connectivity index (χ4v) is 4.09. The molecule has 3 rings (SSSR count). The maximum Gasteiger partial charge on any atom is 0.264 e. The summed E-state index contributed by atoms with van der Waals surface area (Å²) < 4.78 is 5.98. The number of rotatable bonds is 6. The Morgan fingerprint density at radius 2 is 2.04 bits per heavy atom. The quantitative estimate of drug-likeness (QED) is 0.600. The van der Waals surface area contributed by atoms with Crippen LogP contribution in [-0.4, -0.2) is 22.8 Å². The molecule has 26 heavy (non-hydrogen) atoms. The van der Waals surface area contributed by atoms with Crippen molar-refractivity contribution in [1.82, 2.24) is 9.88 Å². The first kappa shape index (κ1) is 18.6. The molecule has 4 nitrogen and oxygen atoms in total. The van der Waals surface area contributed by atoms with E-state index in [0.29, 0.717) is 13.2 Å². The third kappa shape index (κ3) is 4.31. The summed E-state index contributed by atoms with van der Waals surface area (Å²) in [5.41, 5.74) is 4.47. The molecule has 0 aliphatic heterocycles. The van der Waals surface area contributed by atoms with E-state index < -0.39 is 0 Å². The van der Waals surface area contributed by atoms with Gasteiger partial charge in [0.2, 0.25) is 0 Å². The van der Waals surface area contributed by atoms with Crippen LogP contribution in [0.2, 0.25) is 0 Å². The van der Waals surface area contributed by atoms with Crippen molar-refractivity contribution in [2.45, 2.75) is 33.9 Å². The number of aromatic nitrogens is 1. The van der Waals surface area contributed by atoms with Crippen molar-refractivity contribution in [1.29, 1.82) is 0 Å². The van der Waals surface area contributed by atoms with Crippen molar-refractivity contribution in [3.8, 4) is 5.75 Å². The third-order valence-electron chi connectivity index (χ3n) is 4.19. The largest absolute Gasteiger partial charge is 0.486 e. The van der Waals surface area contributed by atoms with Crippen LogP contribution in [0.25, 0.3) is 0 Å². The molecule has 6 heteroatoms. The van der Waals surface area contributed by atoms with Crippen LogP contribution >= 0.6 is 22.7 Å². The minimum atomic E-state index is 0.0247. The molecule has 0 atom stereocenters. The average molecular weight is 387 g/mol. The molecule has 0 saturated heterocycles. The van der Waals surface area contributed by atoms with Gasteiger partial charge in [0.1, 0.15) is 17.4 Å². The molecule has 3 aromatic rings. The number of ether oxygens (including phenoxy) is 1. The Labute approximate surface area is 162 Å². The van der Waals surface area contributed by atoms with Crippen molar-refractivity contribution >= 4 is 28.6 Å². The van der Waals surface area contributed by atoms with E-state index in [1.54, 1.807) is 23.3 Å². The second-order valence-electron chi connectivity index (χ2n) is 6.36. The Kier molecular flexibility index (Phi) is 5.74. The topological polar surface area (TPSA) is 42.4 Å². The van der Waals surface area contributed by atoms with Crippen LogP contribution in [0, 0.1) is 20.8 Å². The number of carbonyl (C=O) groups is 1. The van der Waals surface area contributed by atoms with Crippen molar-refractivity contribution in [2.75, 3.05) is 7.05 Å². The van der Waals surface area contributed by atoms with E-state index in [0.717, 1.165) is 26.9 Å². The lowest BCUT2D eigenvalue weighted by Gasteiger charge is -2.14. The summed E-state index contributed by atoms with van der Waals surface area (Å²) >= 11 is 3.02. The molecule has 136 valence electrons. The first-order chi connectivity index (χ1) is 12.4. The summed E-state index contributed by atoms with van der Waals surface area (Å²) in [6, 6.07) is 7.95. The maximum absolute atomic E-state index is 12.3. The van der Waals surface area contributed by atoms with Gasteiger partial charge in [0, 0.05) is 12.4 Å². The van der Waals surface area contributed by atoms with Crippen LogP contribution in [0.5, 0.6) is 5.75 Å². The van der Waals surface area contributed by atoms with Crippen LogP contribution in [0.4, 0.5) is 0 Å². The number of hydrogen-bond acceptors (Lipinski definition) is 5. The second kappa shape index (κ2) is 8.01. The maximum atomic E-state index is 12.3. The summed E-state index contributed by atoms with van der Waals surface area (Å²) in [7, 11) is 1.80. The van der Waals surface area contributed by atoms with E-state index in [9.17, 15) is 4.79 Å². The molecule has 0 aliphatic carbocycles. The van der Waals surface area contributed by atoms with Crippen LogP contribution in [0.1, 0.15) is 37.1 Å². The zero-order valence-electron chi connectivity index (χ0n) is 15.4. The highest BCUT2D eigenvalue weighted by molar-refractivity contribution is 7.12. The van der Waals surface area contributed by atoms with Crippen molar-refractivity contribution in [3.63, 3.8) is 0 Å². The lowest BCUT2D eigenvalue weighted by Crippen LogP contribution is -2.25. The Morgan fingerprint density at radius 3 is 2.77 bits per heavy atom. The molecule has 0 bridgehead atoms. The molecule has 1 aromatic carbocycles. The number of benzene rings is 1. The number of aryl methyl sites for hydroxylation is 2. The van der Waals surface area contributed by atoms with Gasteiger partial charge in [0.05, 0.1) is 17.1 Å². The third-order valence-corrected chi connectivity index (χ3v) is 5.92. The molecule has 0 unspecified atom stereocenters. The van der Waals surface area contributed by atoms with E-state index in [1.165, 1.54) is 22.5 Å². The van der Waals surface area contributed by atoms with Gasteiger partial charge >= 0.3 is 0 Å². The van der Waals surface area contributed by atoms with Crippen molar-refractivity contribution < 1.29 is 9.53 Å². The highest BCUT2D eigenvalue weighted by Crippen LogP contribution is 2.25. The Bertz CT molecular complexity index is 901. The number of thiazole rings is 1. The molecule has 0 N–H and O–H groups in total. The number of thiophene rings is 1. The molecule has 0 spiro atoms. The van der Waals surface area contributed by atoms with E-state index >= 15 is 0 Å². The highest BCUT2D eigenvalue weighted by atomic mass is 32.1. The SMILES string of the molecule is Cc1cc(C)c(C)c(OCc2nc(CN(C)C(=O)c3cccs3)cs2)c1. The minimum absolute atomic E-state index is 0.0247. The molecule has 0 saturated carbocycles. The average Bonchev–Trinajstić information content (AvgIpc) is 3.28. The first-order valence-corrected chi connectivity index (χ1v) is 10.1. The molecule has 0 aliphatic rings. The van der Waals surface area contributed by atoms with Gasteiger partial charge in [-0.05, 0) is 55.0 Å². The highest BCUT2D eigenvalue weighted by Gasteiger charge is 2.14. The molecule has 2 aromatic heterocycles. The predicted octanol–water partition coefficient (Wildman–Crippen LogP) is 4.98. The summed E-state index contributed by atoms with van der Waals surface area (Å²) in [5, 5.41) is 4.81. The zero-order chi connectivity index (χ0) is 18.7. The predicted molar refractivity (Wildman–Crippen MR) is 107 cm³/mol. The number of amides is 1. The van der Waals surface area contributed by atoms with Crippen LogP contribution in [0.15, 0.2) is 35.0 Å². The molecule has 1 amide bonds. The summed E-state index contributed by atoms with van der Waals surface area (Å²) in [5.74, 6) is 0.931. The van der Waals surface area contributed by atoms with E-state index in [2.05, 4.69) is 37.9 Å². The van der Waals surface area contributed by atoms with Crippen LogP contribution in [-0.2, 0) is 13.2 Å². The van der Waals surface area contributed by atoms with Gasteiger partial charge in [0.15, 0.2) is 0 Å². The standard InChI is InChI=1S/C20H22N2O2S2/c1-13-8-14(2)15(3)17(9-13)24-11-19-21-16(12-26-19)10-22(4)20(23)18-6-5-7-25-18/h5-9,12H,10-11H2,1-4H3. The second-order valence-corrected chi connectivity index (χ2v) is 8.26. The van der Waals surface area contributed by atoms with Gasteiger partial charge in [-0.25, -0.2) is 4.98 Å². The normalized spacial score (nSPS) is 10.8. The molecule has 0 radical (unpaired) electrons. The van der Waals surface area contributed by atoms with Gasteiger partial charge in [0.25, 0.3) is 5.91 Å². The molecule has 2 heterocycles. The van der Waals surface area contributed by atoms with Gasteiger partial charge < -0.3 is 9.64 Å². The van der Waals surface area contributed by atoms with Gasteiger partial charge in [-0.1, -0.05) is 12.1 Å².